The van der Waals surface area contributed by atoms with Crippen LogP contribution in [0.2, 0.25) is 0 Å². The van der Waals surface area contributed by atoms with Crippen molar-refractivity contribution in [2.24, 2.45) is 0 Å². The van der Waals surface area contributed by atoms with E-state index in [4.69, 9.17) is 28.8 Å². The van der Waals surface area contributed by atoms with Crippen molar-refractivity contribution in [1.82, 2.24) is 0 Å². The third-order valence-corrected chi connectivity index (χ3v) is 11.8. The second kappa shape index (κ2) is 24.4. The maximum absolute atomic E-state index is 14.9. The molecule has 0 aromatic heterocycles. The first-order valence-electron chi connectivity index (χ1n) is 23.3. The summed E-state index contributed by atoms with van der Waals surface area (Å²) in [6, 6.07) is 36.5. The highest BCUT2D eigenvalue weighted by Gasteiger charge is 2.24. The van der Waals surface area contributed by atoms with Gasteiger partial charge in [-0.1, -0.05) is 102 Å². The number of hydrogen-bond donors (Lipinski definition) is 1. The molecule has 0 aliphatic carbocycles. The quantitative estimate of drug-likeness (QED) is 0.0633. The van der Waals surface area contributed by atoms with Gasteiger partial charge in [0.2, 0.25) is 0 Å². The monoisotopic (exact) mass is 952 g/mol. The fourth-order valence-electron chi connectivity index (χ4n) is 8.01. The summed E-state index contributed by atoms with van der Waals surface area (Å²) in [7, 11) is 3.14. The Bertz CT molecular complexity index is 2730. The Morgan fingerprint density at radius 1 is 0.557 bits per heavy atom. The fraction of sp³-hybridized carbons (Fsp3) is 0.300. The highest BCUT2D eigenvalue weighted by Crippen LogP contribution is 2.39. The third-order valence-electron chi connectivity index (χ3n) is 11.8. The van der Waals surface area contributed by atoms with E-state index in [0.717, 1.165) is 44.5 Å². The lowest BCUT2D eigenvalue weighted by atomic mass is 9.81. The summed E-state index contributed by atoms with van der Waals surface area (Å²) in [5, 5.41) is 9.06. The van der Waals surface area contributed by atoms with Crippen LogP contribution in [0.15, 0.2) is 147 Å². The molecule has 0 amide bonds. The Labute approximate surface area is 412 Å². The van der Waals surface area contributed by atoms with Crippen LogP contribution in [0.1, 0.15) is 107 Å². The van der Waals surface area contributed by atoms with Crippen molar-refractivity contribution >= 4 is 11.9 Å². The average Bonchev–Trinajstić information content (AvgIpc) is 3.33. The Balaban J connectivity index is 0.000000261. The van der Waals surface area contributed by atoms with E-state index in [2.05, 4.69) is 54.7 Å². The number of aliphatic carboxylic acids is 1. The summed E-state index contributed by atoms with van der Waals surface area (Å²) >= 11 is 0. The molecular weight excluding hydrogens is 887 g/mol. The van der Waals surface area contributed by atoms with Gasteiger partial charge in [-0.2, -0.15) is 0 Å². The minimum Gasteiger partial charge on any atom is -0.497 e. The van der Waals surface area contributed by atoms with Crippen molar-refractivity contribution in [3.05, 3.63) is 192 Å². The van der Waals surface area contributed by atoms with Crippen LogP contribution in [0.5, 0.6) is 23.0 Å². The van der Waals surface area contributed by atoms with Gasteiger partial charge in [0.15, 0.2) is 0 Å². The smallest absolute Gasteiger partial charge is 0.306 e. The van der Waals surface area contributed by atoms with E-state index < -0.39 is 5.97 Å². The molecule has 0 spiro atoms. The molecule has 0 radical (unpaired) electrons. The summed E-state index contributed by atoms with van der Waals surface area (Å²) < 4.78 is 57.4. The van der Waals surface area contributed by atoms with Gasteiger partial charge in [0.25, 0.3) is 0 Å². The van der Waals surface area contributed by atoms with Crippen LogP contribution in [0.4, 0.5) is 8.78 Å². The maximum atomic E-state index is 14.9. The molecule has 1 N–H and O–H groups in total. The lowest BCUT2D eigenvalue weighted by Crippen LogP contribution is -2.13. The van der Waals surface area contributed by atoms with Gasteiger partial charge < -0.3 is 28.8 Å². The zero-order valence-corrected chi connectivity index (χ0v) is 41.9. The Kier molecular flexibility index (Phi) is 18.7. The van der Waals surface area contributed by atoms with Crippen molar-refractivity contribution in [2.45, 2.75) is 97.2 Å². The number of carbonyl (C=O) groups excluding carboxylic acids is 1. The van der Waals surface area contributed by atoms with Crippen LogP contribution in [-0.4, -0.2) is 37.9 Å². The van der Waals surface area contributed by atoms with Gasteiger partial charge in [-0.25, -0.2) is 8.78 Å². The predicted octanol–water partition coefficient (Wildman–Crippen LogP) is 14.7. The van der Waals surface area contributed by atoms with Crippen LogP contribution in [0.3, 0.4) is 0 Å². The number of rotatable bonds is 19. The van der Waals surface area contributed by atoms with Crippen molar-refractivity contribution in [2.75, 3.05) is 20.8 Å². The average molecular weight is 953 g/mol. The number of carboxylic acid groups (broad SMARTS) is 1. The second-order valence-corrected chi connectivity index (χ2v) is 19.0. The molecule has 8 nitrogen and oxygen atoms in total. The number of methoxy groups -OCH3 is 2. The minimum atomic E-state index is -0.868. The van der Waals surface area contributed by atoms with Gasteiger partial charge in [-0.05, 0) is 135 Å². The highest BCUT2D eigenvalue weighted by molar-refractivity contribution is 5.73. The molecule has 6 rings (SSSR count). The van der Waals surface area contributed by atoms with E-state index >= 15 is 0 Å². The molecule has 368 valence electrons. The standard InChI is InChI=1S/C31H35FO4.C29H31FO4/c1-7-22(18-30(33)35-8-2)23-10-12-24(13-11-23)36-20-21-9-15-28(31(3,4)5)26(17-21)27-19-25(34-6)14-16-29(27)32;1-6-20(16-28(31)32)21-8-10-22(11-9-21)34-18-19-7-13-26(29(2,3)4)24(15-19)25-17-23(33-5)12-14-27(25)30/h7,9-17,19,22H,1,8,18,20H2,2-6H3;6-15,17,20H,1,16,18H2,2-5H3,(H,31,32)/t22-;20-/m11/s1. The fourth-order valence-corrected chi connectivity index (χ4v) is 8.01. The van der Waals surface area contributed by atoms with Crippen LogP contribution < -0.4 is 18.9 Å². The van der Waals surface area contributed by atoms with E-state index in [-0.39, 0.29) is 53.1 Å². The Morgan fingerprint density at radius 3 is 1.29 bits per heavy atom. The molecular formula is C60H66F2O8. The van der Waals surface area contributed by atoms with Crippen LogP contribution in [0.25, 0.3) is 22.3 Å². The summed E-state index contributed by atoms with van der Waals surface area (Å²) in [5.74, 6) is 0.472. The predicted molar refractivity (Wildman–Crippen MR) is 275 cm³/mol. The molecule has 6 aromatic carbocycles. The molecule has 0 saturated heterocycles. The number of carbonyl (C=O) groups is 2. The van der Waals surface area contributed by atoms with E-state index in [1.807, 2.05) is 84.9 Å². The van der Waals surface area contributed by atoms with E-state index in [0.29, 0.717) is 53.9 Å². The normalized spacial score (nSPS) is 12.1. The van der Waals surface area contributed by atoms with Gasteiger partial charge >= 0.3 is 11.9 Å². The lowest BCUT2D eigenvalue weighted by molar-refractivity contribution is -0.143. The lowest BCUT2D eigenvalue weighted by Gasteiger charge is -2.24. The highest BCUT2D eigenvalue weighted by atomic mass is 19.1. The number of esters is 1. The number of allylic oxidation sites excluding steroid dienone is 2. The Hall–Kier alpha value is -7.20. The zero-order chi connectivity index (χ0) is 51.2. The molecule has 0 fully saturated rings. The maximum Gasteiger partial charge on any atom is 0.306 e. The first-order valence-corrected chi connectivity index (χ1v) is 23.3. The van der Waals surface area contributed by atoms with Crippen molar-refractivity contribution < 1.29 is 47.2 Å². The van der Waals surface area contributed by atoms with Crippen LogP contribution in [-0.2, 0) is 38.4 Å². The molecule has 0 aliphatic rings. The molecule has 2 atom stereocenters. The van der Waals surface area contributed by atoms with Gasteiger partial charge in [0, 0.05) is 23.0 Å². The van der Waals surface area contributed by atoms with Crippen LogP contribution >= 0.6 is 0 Å². The Morgan fingerprint density at radius 2 is 0.943 bits per heavy atom. The summed E-state index contributed by atoms with van der Waals surface area (Å²) in [6.07, 6.45) is 3.64. The van der Waals surface area contributed by atoms with Gasteiger partial charge in [-0.3, -0.25) is 9.59 Å². The largest absolute Gasteiger partial charge is 0.497 e. The minimum absolute atomic E-state index is 0.00651. The molecule has 0 bridgehead atoms. The number of ether oxygens (including phenoxy) is 5. The van der Waals surface area contributed by atoms with Crippen molar-refractivity contribution in [3.63, 3.8) is 0 Å². The first-order chi connectivity index (χ1) is 33.3. The molecule has 0 saturated carbocycles. The first kappa shape index (κ1) is 53.8. The molecule has 70 heavy (non-hydrogen) atoms. The summed E-state index contributed by atoms with van der Waals surface area (Å²) in [4.78, 5) is 22.9. The molecule has 0 unspecified atom stereocenters. The van der Waals surface area contributed by atoms with Crippen molar-refractivity contribution in [1.29, 1.82) is 0 Å². The van der Waals surface area contributed by atoms with E-state index in [9.17, 15) is 18.4 Å². The van der Waals surface area contributed by atoms with Gasteiger partial charge in [0.05, 0.1) is 33.7 Å². The number of hydrogen-bond acceptors (Lipinski definition) is 7. The number of halogens is 2. The molecule has 6 aromatic rings. The molecule has 0 aliphatic heterocycles. The number of benzene rings is 6. The SMILES string of the molecule is C=C[C@H](CC(=O)O)c1ccc(OCc2ccc(C(C)(C)C)c(-c3cc(OC)ccc3F)c2)cc1.C=C[C@H](CC(=O)OCC)c1ccc(OCc2ccc(C(C)(C)C)c(-c3cc(OC)ccc3F)c2)cc1. The molecule has 0 heterocycles. The van der Waals surface area contributed by atoms with Gasteiger partial charge in [0.1, 0.15) is 47.8 Å². The van der Waals surface area contributed by atoms with Gasteiger partial charge in [-0.15, -0.1) is 13.2 Å². The third kappa shape index (κ3) is 14.7. The van der Waals surface area contributed by atoms with Crippen LogP contribution in [0, 0.1) is 11.6 Å². The van der Waals surface area contributed by atoms with Crippen molar-refractivity contribution in [3.8, 4) is 45.3 Å². The topological polar surface area (TPSA) is 101 Å². The second-order valence-electron chi connectivity index (χ2n) is 19.0. The number of carboxylic acids is 1. The van der Waals surface area contributed by atoms with E-state index in [1.54, 1.807) is 57.6 Å². The van der Waals surface area contributed by atoms with E-state index in [1.165, 1.54) is 12.1 Å². The summed E-state index contributed by atoms with van der Waals surface area (Å²) in [5.41, 5.74) is 8.01. The molecule has 10 heteroatoms. The zero-order valence-electron chi connectivity index (χ0n) is 41.9. The summed E-state index contributed by atoms with van der Waals surface area (Å²) in [6.45, 7) is 23.0.